The van der Waals surface area contributed by atoms with E-state index in [1.807, 2.05) is 59.3 Å². The molecule has 0 aliphatic heterocycles. The lowest BCUT2D eigenvalue weighted by molar-refractivity contribution is 0.0218. The zero-order chi connectivity index (χ0) is 26.9. The van der Waals surface area contributed by atoms with Crippen LogP contribution in [0.5, 0.6) is 0 Å². The number of unbranched alkanes of at least 4 members (excludes halogenated alkanes) is 1. The number of methoxy groups -OCH3 is 1. The number of ether oxygens (including phenoxy) is 2. The number of rotatable bonds is 12. The van der Waals surface area contributed by atoms with Gasteiger partial charge in [0.1, 0.15) is 11.2 Å². The van der Waals surface area contributed by atoms with Gasteiger partial charge in [0.25, 0.3) is 0 Å². The normalized spacial score (nSPS) is 22.6. The van der Waals surface area contributed by atoms with Gasteiger partial charge in [0, 0.05) is 36.6 Å². The lowest BCUT2D eigenvalue weighted by Crippen LogP contribution is -2.39. The van der Waals surface area contributed by atoms with Gasteiger partial charge in [-0.2, -0.15) is 10.5 Å². The van der Waals surface area contributed by atoms with Crippen LogP contribution in [0, 0.1) is 28.6 Å². The van der Waals surface area contributed by atoms with E-state index in [0.717, 1.165) is 44.4 Å². The molecule has 0 saturated heterocycles. The zero-order valence-corrected chi connectivity index (χ0v) is 26.0. The third-order valence-electron chi connectivity index (χ3n) is 6.43. The minimum absolute atomic E-state index is 0.399. The monoisotopic (exact) mass is 660 g/mol. The van der Waals surface area contributed by atoms with Crippen LogP contribution in [-0.4, -0.2) is 24.9 Å². The van der Waals surface area contributed by atoms with Gasteiger partial charge in [0.15, 0.2) is 0 Å². The molecule has 3 rings (SSSR count). The predicted molar refractivity (Wildman–Crippen MR) is 161 cm³/mol. The van der Waals surface area contributed by atoms with Crippen LogP contribution in [0.2, 0.25) is 0 Å². The molecule has 194 valence electrons. The number of halogens is 2. The van der Waals surface area contributed by atoms with E-state index in [4.69, 9.17) is 9.47 Å². The number of nitrogens with zero attached hydrogens (tertiary/aromatic N) is 2. The first kappa shape index (κ1) is 29.8. The molecule has 37 heavy (non-hydrogen) atoms. The summed E-state index contributed by atoms with van der Waals surface area (Å²) in [4.78, 5) is 1.90. The highest BCUT2D eigenvalue weighted by Gasteiger charge is 2.40. The summed E-state index contributed by atoms with van der Waals surface area (Å²) in [6.07, 6.45) is 15.5. The fourth-order valence-electron chi connectivity index (χ4n) is 4.10. The fourth-order valence-corrected chi connectivity index (χ4v) is 6.85. The summed E-state index contributed by atoms with van der Waals surface area (Å²) in [5.41, 5.74) is -1.19. The lowest BCUT2D eigenvalue weighted by Gasteiger charge is -2.36. The van der Waals surface area contributed by atoms with Crippen molar-refractivity contribution in [1.82, 2.24) is 0 Å². The molecule has 1 unspecified atom stereocenters. The molecule has 2 aromatic heterocycles. The Hall–Kier alpha value is -1.78. The molecule has 2 aromatic rings. The van der Waals surface area contributed by atoms with E-state index >= 15 is 0 Å². The quantitative estimate of drug-likeness (QED) is 0.168. The second-order valence-electron chi connectivity index (χ2n) is 8.86. The van der Waals surface area contributed by atoms with E-state index in [-0.39, 0.29) is 0 Å². The van der Waals surface area contributed by atoms with Crippen LogP contribution in [0.3, 0.4) is 0 Å². The van der Waals surface area contributed by atoms with Gasteiger partial charge < -0.3 is 9.47 Å². The first-order valence-corrected chi connectivity index (χ1v) is 15.5. The van der Waals surface area contributed by atoms with Crippen molar-refractivity contribution in [1.29, 1.82) is 10.5 Å². The summed E-state index contributed by atoms with van der Waals surface area (Å²) in [7, 11) is 1.58. The smallest absolute Gasteiger partial charge is 0.140 e. The molecule has 0 radical (unpaired) electrons. The van der Waals surface area contributed by atoms with Crippen molar-refractivity contribution < 1.29 is 9.47 Å². The van der Waals surface area contributed by atoms with E-state index in [9.17, 15) is 10.5 Å². The molecule has 1 aliphatic rings. The molecule has 0 amide bonds. The van der Waals surface area contributed by atoms with Crippen molar-refractivity contribution in [3.05, 3.63) is 77.0 Å². The SMILES string of the molecule is CCCCC(CC)COC1(/C(C#N)=C/c2cc(Br)cs2)C=CC(OC)(/C(C#N)=C/c2cc(Br)cs2)C=C1. The van der Waals surface area contributed by atoms with Crippen molar-refractivity contribution in [3.63, 3.8) is 0 Å². The molecule has 0 bridgehead atoms. The maximum Gasteiger partial charge on any atom is 0.140 e. The van der Waals surface area contributed by atoms with Crippen LogP contribution in [-0.2, 0) is 9.47 Å². The van der Waals surface area contributed by atoms with Crippen molar-refractivity contribution >= 4 is 66.7 Å². The standard InChI is InChI=1S/C29H30Br2N2O2S2/c1-4-6-7-21(5-2)18-35-29(23(17-33)13-27-15-25(31)20-37-27)10-8-28(34-3,9-11-29)22(16-32)12-26-14-24(30)19-36-26/h8-15,19-21H,4-7,18H2,1-3H3/b22-12+,23-13+. The summed E-state index contributed by atoms with van der Waals surface area (Å²) in [5.74, 6) is 0.399. The van der Waals surface area contributed by atoms with Gasteiger partial charge in [-0.1, -0.05) is 33.1 Å². The molecular formula is C29H30Br2N2O2S2. The molecule has 8 heteroatoms. The largest absolute Gasteiger partial charge is 0.365 e. The third-order valence-corrected chi connectivity index (χ3v) is 9.71. The molecule has 0 spiro atoms. The molecule has 0 N–H and O–H groups in total. The van der Waals surface area contributed by atoms with Crippen LogP contribution < -0.4 is 0 Å². The van der Waals surface area contributed by atoms with Crippen molar-refractivity contribution in [2.24, 2.45) is 5.92 Å². The number of nitriles is 2. The highest BCUT2D eigenvalue weighted by Crippen LogP contribution is 2.39. The minimum atomic E-state index is -1.06. The first-order valence-electron chi connectivity index (χ1n) is 12.2. The van der Waals surface area contributed by atoms with Crippen LogP contribution in [0.4, 0.5) is 0 Å². The van der Waals surface area contributed by atoms with Crippen molar-refractivity contribution in [2.75, 3.05) is 13.7 Å². The Labute approximate surface area is 244 Å². The summed E-state index contributed by atoms with van der Waals surface area (Å²) >= 11 is 10.1. The maximum absolute atomic E-state index is 10.2. The van der Waals surface area contributed by atoms with Gasteiger partial charge in [0.05, 0.1) is 29.9 Å². The van der Waals surface area contributed by atoms with E-state index in [1.165, 1.54) is 0 Å². The van der Waals surface area contributed by atoms with E-state index in [0.29, 0.717) is 23.7 Å². The molecule has 0 fully saturated rings. The molecule has 4 nitrogen and oxygen atoms in total. The Morgan fingerprint density at radius 3 is 1.86 bits per heavy atom. The maximum atomic E-state index is 10.2. The molecule has 1 aliphatic carbocycles. The number of hydrogen-bond acceptors (Lipinski definition) is 6. The van der Waals surface area contributed by atoms with Gasteiger partial charge in [-0.25, -0.2) is 0 Å². The highest BCUT2D eigenvalue weighted by molar-refractivity contribution is 9.10. The first-order chi connectivity index (χ1) is 17.8. The average molecular weight is 663 g/mol. The Kier molecular flexibility index (Phi) is 11.1. The van der Waals surface area contributed by atoms with Crippen LogP contribution in [0.15, 0.2) is 67.3 Å². The third kappa shape index (κ3) is 7.41. The van der Waals surface area contributed by atoms with Gasteiger partial charge in [-0.05, 0) is 92.8 Å². The van der Waals surface area contributed by atoms with Gasteiger partial charge in [-0.15, -0.1) is 22.7 Å². The lowest BCUT2D eigenvalue weighted by atomic mass is 9.80. The Balaban J connectivity index is 2.02. The minimum Gasteiger partial charge on any atom is -0.365 e. The van der Waals surface area contributed by atoms with E-state index < -0.39 is 11.2 Å². The van der Waals surface area contributed by atoms with Crippen molar-refractivity contribution in [3.8, 4) is 12.1 Å². The topological polar surface area (TPSA) is 66.0 Å². The van der Waals surface area contributed by atoms with E-state index in [2.05, 4.69) is 57.8 Å². The van der Waals surface area contributed by atoms with Crippen LogP contribution >= 0.6 is 54.5 Å². The van der Waals surface area contributed by atoms with Crippen LogP contribution in [0.25, 0.3) is 12.2 Å². The summed E-state index contributed by atoms with van der Waals surface area (Å²) in [5, 5.41) is 24.2. The van der Waals surface area contributed by atoms with E-state index in [1.54, 1.807) is 29.8 Å². The fraction of sp³-hybridized carbons (Fsp3) is 0.379. The zero-order valence-electron chi connectivity index (χ0n) is 21.2. The van der Waals surface area contributed by atoms with Gasteiger partial charge in [-0.3, -0.25) is 0 Å². The van der Waals surface area contributed by atoms with Crippen molar-refractivity contribution in [2.45, 2.75) is 50.7 Å². The Morgan fingerprint density at radius 1 is 0.946 bits per heavy atom. The summed E-state index contributed by atoms with van der Waals surface area (Å²) < 4.78 is 14.4. The van der Waals surface area contributed by atoms with Gasteiger partial charge >= 0.3 is 0 Å². The predicted octanol–water partition coefficient (Wildman–Crippen LogP) is 9.33. The summed E-state index contributed by atoms with van der Waals surface area (Å²) in [6.45, 7) is 4.90. The summed E-state index contributed by atoms with van der Waals surface area (Å²) in [6, 6.07) is 8.65. The second kappa shape index (κ2) is 13.8. The molecule has 1 atom stereocenters. The number of thiophene rings is 2. The molecule has 2 heterocycles. The second-order valence-corrected chi connectivity index (χ2v) is 12.6. The van der Waals surface area contributed by atoms with Crippen LogP contribution in [0.1, 0.15) is 49.3 Å². The molecule has 0 aromatic carbocycles. The van der Waals surface area contributed by atoms with Gasteiger partial charge in [0.2, 0.25) is 0 Å². The molecular weight excluding hydrogens is 632 g/mol. The average Bonchev–Trinajstić information content (AvgIpc) is 3.53. The Bertz CT molecular complexity index is 1260. The molecule has 0 saturated carbocycles. The number of hydrogen-bond donors (Lipinski definition) is 0. The highest BCUT2D eigenvalue weighted by atomic mass is 79.9. The Morgan fingerprint density at radius 2 is 1.46 bits per heavy atom.